The van der Waals surface area contributed by atoms with Gasteiger partial charge in [0.05, 0.1) is 23.5 Å². The lowest BCUT2D eigenvalue weighted by atomic mass is 9.42. The molecule has 4 aliphatic heterocycles. The summed E-state index contributed by atoms with van der Waals surface area (Å²) in [4.78, 5) is 42.2. The van der Waals surface area contributed by atoms with E-state index in [0.717, 1.165) is 12.8 Å². The van der Waals surface area contributed by atoms with Crippen LogP contribution >= 0.6 is 0 Å². The molecule has 264 valence electrons. The minimum Gasteiger partial charge on any atom is -0.507 e. The lowest BCUT2D eigenvalue weighted by Crippen LogP contribution is -2.87. The molecule has 2 N–H and O–H groups in total. The van der Waals surface area contributed by atoms with E-state index in [1.165, 1.54) is 18.6 Å². The number of aliphatic carboxylic acids is 1. The molecule has 0 radical (unpaired) electrons. The molecule has 5 fully saturated rings. The van der Waals surface area contributed by atoms with E-state index in [4.69, 9.17) is 18.9 Å². The molecule has 49 heavy (non-hydrogen) atoms. The van der Waals surface area contributed by atoms with E-state index < -0.39 is 51.7 Å². The molecule has 4 bridgehead atoms. The normalized spacial score (nSPS) is 36.4. The number of allylic oxidation sites excluding steroid dienone is 3. The number of aromatic hydroxyl groups is 1. The lowest BCUT2D eigenvalue weighted by Gasteiger charge is -2.72. The van der Waals surface area contributed by atoms with Crippen molar-refractivity contribution >= 4 is 17.5 Å². The predicted molar refractivity (Wildman–Crippen MR) is 182 cm³/mol. The molecule has 3 saturated carbocycles. The minimum atomic E-state index is -1.69. The van der Waals surface area contributed by atoms with Gasteiger partial charge in [-0.1, -0.05) is 37.6 Å². The van der Waals surface area contributed by atoms with Gasteiger partial charge in [0, 0.05) is 52.9 Å². The Morgan fingerprint density at radius 1 is 1.12 bits per heavy atom. The van der Waals surface area contributed by atoms with Gasteiger partial charge < -0.3 is 29.2 Å². The summed E-state index contributed by atoms with van der Waals surface area (Å²) in [5.74, 6) is -3.34. The number of hydrogen-bond acceptors (Lipinski definition) is 8. The van der Waals surface area contributed by atoms with Gasteiger partial charge in [0.2, 0.25) is 0 Å². The molecular formula is C40H50O9. The molecule has 0 amide bonds. The monoisotopic (exact) mass is 674 g/mol. The van der Waals surface area contributed by atoms with Crippen molar-refractivity contribution in [3.05, 3.63) is 52.6 Å². The molecule has 2 saturated heterocycles. The third kappa shape index (κ3) is 4.27. The topological polar surface area (TPSA) is 129 Å². The van der Waals surface area contributed by atoms with Crippen LogP contribution in [-0.4, -0.2) is 62.9 Å². The highest BCUT2D eigenvalue weighted by Crippen LogP contribution is 2.70. The minimum absolute atomic E-state index is 0.0604. The standard InChI is InChI=1S/C40H50O9/c1-11-36(5,6)28-32-24(21-17-19(3)13-14-22(21)37(7,8)47-32)29(41)26-30(42)27-31(46-12-2)25-23-18-40(27,48-33(26)28)39(34(25)43,49-38(23,9)10)16-15-20(4)35(44)45/h11,15,17,21-23,25,27,31,41H,1,12-14,16,18H2,2-10H3,(H,44,45)/b20-15+/t21-,22-,23-,25-,27+,31-,39-,40-/m1/s1. The van der Waals surface area contributed by atoms with Gasteiger partial charge >= 0.3 is 5.97 Å². The van der Waals surface area contributed by atoms with Gasteiger partial charge in [0.1, 0.15) is 28.4 Å². The first kappa shape index (κ1) is 34.0. The highest BCUT2D eigenvalue weighted by atomic mass is 16.6. The molecule has 9 nitrogen and oxygen atoms in total. The maximum Gasteiger partial charge on any atom is 0.330 e. The summed E-state index contributed by atoms with van der Waals surface area (Å²) in [6.07, 6.45) is 6.71. The zero-order chi connectivity index (χ0) is 35.8. The molecule has 9 heteroatoms. The number of carboxylic acid groups (broad SMARTS) is 1. The van der Waals surface area contributed by atoms with E-state index in [2.05, 4.69) is 33.4 Å². The Bertz CT molecular complexity index is 1760. The number of ketones is 2. The number of Topliss-reactive ketones (excluding diaryl/α,β-unsaturated/α-hetero) is 2. The number of fused-ring (bicyclic) bond motifs is 5. The van der Waals surface area contributed by atoms with Crippen molar-refractivity contribution in [1.29, 1.82) is 0 Å². The van der Waals surface area contributed by atoms with Crippen LogP contribution < -0.4 is 9.47 Å². The van der Waals surface area contributed by atoms with Crippen LogP contribution in [0.15, 0.2) is 36.0 Å². The van der Waals surface area contributed by atoms with E-state index in [1.54, 1.807) is 6.08 Å². The molecule has 0 aromatic heterocycles. The molecule has 1 aromatic rings. The van der Waals surface area contributed by atoms with Crippen LogP contribution in [0.25, 0.3) is 0 Å². The van der Waals surface area contributed by atoms with Gasteiger partial charge in [-0.15, -0.1) is 6.58 Å². The SMILES string of the molecule is C=CC(C)(C)c1c2c(c(O)c3c1OC(C)(C)[C@@H]1CCC(C)=C[C@@H]31)C(=O)[C@H]1[C@H](OCC)[C@@H]3C(=O)[C@@]4(C/C=C(\C)C(=O)O)OC(C)(C)[C@@H]3C[C@@]14O2. The number of phenols is 1. The fraction of sp³-hybridized carbons (Fsp3) is 0.625. The van der Waals surface area contributed by atoms with Gasteiger partial charge in [0.15, 0.2) is 22.8 Å². The van der Waals surface area contributed by atoms with Crippen molar-refractivity contribution in [1.82, 2.24) is 0 Å². The second-order valence-corrected chi connectivity index (χ2v) is 16.9. The van der Waals surface area contributed by atoms with Crippen molar-refractivity contribution in [3.8, 4) is 17.2 Å². The first-order valence-electron chi connectivity index (χ1n) is 17.7. The number of carboxylic acids is 1. The Morgan fingerprint density at radius 3 is 2.45 bits per heavy atom. The fourth-order valence-corrected chi connectivity index (χ4v) is 10.4. The lowest BCUT2D eigenvalue weighted by molar-refractivity contribution is -0.347. The Kier molecular flexibility index (Phi) is 7.33. The number of hydrogen-bond donors (Lipinski definition) is 2. The smallest absolute Gasteiger partial charge is 0.330 e. The average Bonchev–Trinajstić information content (AvgIpc) is 3.00. The van der Waals surface area contributed by atoms with Crippen LogP contribution in [0.4, 0.5) is 0 Å². The molecule has 9 rings (SSSR count). The van der Waals surface area contributed by atoms with Crippen LogP contribution in [0.5, 0.6) is 17.2 Å². The zero-order valence-electron chi connectivity index (χ0n) is 30.2. The summed E-state index contributed by atoms with van der Waals surface area (Å²) in [6, 6.07) is 0. The van der Waals surface area contributed by atoms with Crippen LogP contribution in [0, 0.1) is 23.7 Å². The highest BCUT2D eigenvalue weighted by molar-refractivity contribution is 6.10. The Hall–Kier alpha value is -3.43. The van der Waals surface area contributed by atoms with Gasteiger partial charge in [-0.05, 0) is 67.7 Å². The van der Waals surface area contributed by atoms with Crippen LogP contribution in [0.1, 0.15) is 115 Å². The summed E-state index contributed by atoms with van der Waals surface area (Å²) in [7, 11) is 0. The fourth-order valence-electron chi connectivity index (χ4n) is 10.4. The quantitative estimate of drug-likeness (QED) is 0.232. The van der Waals surface area contributed by atoms with Crippen LogP contribution in [0.2, 0.25) is 0 Å². The largest absolute Gasteiger partial charge is 0.507 e. The average molecular weight is 675 g/mol. The second kappa shape index (κ2) is 10.5. The van der Waals surface area contributed by atoms with E-state index >= 15 is 4.79 Å². The highest BCUT2D eigenvalue weighted by Gasteiger charge is 2.83. The Labute approximate surface area is 288 Å². The molecule has 4 aliphatic carbocycles. The van der Waals surface area contributed by atoms with Gasteiger partial charge in [0.25, 0.3) is 0 Å². The summed E-state index contributed by atoms with van der Waals surface area (Å²) >= 11 is 0. The van der Waals surface area contributed by atoms with Crippen LogP contribution in [-0.2, 0) is 24.5 Å². The molecule has 8 atom stereocenters. The molecule has 8 aliphatic rings. The van der Waals surface area contributed by atoms with E-state index in [1.807, 2.05) is 34.6 Å². The Balaban J connectivity index is 1.56. The molecule has 4 heterocycles. The number of phenolic OH excluding ortho intramolecular Hbond substituents is 1. The van der Waals surface area contributed by atoms with Gasteiger partial charge in [-0.2, -0.15) is 0 Å². The molecule has 0 unspecified atom stereocenters. The maximum atomic E-state index is 15.4. The second-order valence-electron chi connectivity index (χ2n) is 16.9. The third-order valence-electron chi connectivity index (χ3n) is 13.0. The summed E-state index contributed by atoms with van der Waals surface area (Å²) < 4.78 is 27.5. The first-order chi connectivity index (χ1) is 22.8. The molecule has 1 spiro atoms. The van der Waals surface area contributed by atoms with E-state index in [0.29, 0.717) is 23.3 Å². The van der Waals surface area contributed by atoms with Crippen molar-refractivity contribution < 1.29 is 43.5 Å². The van der Waals surface area contributed by atoms with Gasteiger partial charge in [-0.25, -0.2) is 4.79 Å². The van der Waals surface area contributed by atoms with Crippen LogP contribution in [0.3, 0.4) is 0 Å². The summed E-state index contributed by atoms with van der Waals surface area (Å²) in [6.45, 7) is 21.8. The first-order valence-corrected chi connectivity index (χ1v) is 17.7. The Morgan fingerprint density at radius 2 is 1.82 bits per heavy atom. The predicted octanol–water partition coefficient (Wildman–Crippen LogP) is 6.99. The van der Waals surface area contributed by atoms with E-state index in [-0.39, 0.29) is 65.0 Å². The number of ether oxygens (including phenoxy) is 4. The van der Waals surface area contributed by atoms with Crippen molar-refractivity contribution in [2.24, 2.45) is 23.7 Å². The molecular weight excluding hydrogens is 624 g/mol. The van der Waals surface area contributed by atoms with Crippen molar-refractivity contribution in [2.45, 2.75) is 128 Å². The summed E-state index contributed by atoms with van der Waals surface area (Å²) in [5.41, 5.74) is -2.91. The zero-order valence-corrected chi connectivity index (χ0v) is 30.2. The van der Waals surface area contributed by atoms with Crippen molar-refractivity contribution in [3.63, 3.8) is 0 Å². The van der Waals surface area contributed by atoms with Crippen molar-refractivity contribution in [2.75, 3.05) is 6.61 Å². The third-order valence-corrected chi connectivity index (χ3v) is 13.0. The number of carbonyl (C=O) groups is 3. The number of rotatable bonds is 7. The maximum absolute atomic E-state index is 15.4. The molecule has 1 aromatic carbocycles. The number of carbonyl (C=O) groups excluding carboxylic acids is 2. The van der Waals surface area contributed by atoms with Gasteiger partial charge in [-0.3, -0.25) is 9.59 Å². The van der Waals surface area contributed by atoms with E-state index in [9.17, 15) is 19.8 Å². The summed E-state index contributed by atoms with van der Waals surface area (Å²) in [5, 5.41) is 22.2. The number of benzene rings is 1.